The lowest BCUT2D eigenvalue weighted by Gasteiger charge is -2.34. The minimum atomic E-state index is -0.00614. The third-order valence-electron chi connectivity index (χ3n) is 4.57. The van der Waals surface area contributed by atoms with Crippen LogP contribution in [0.2, 0.25) is 0 Å². The van der Waals surface area contributed by atoms with Crippen molar-refractivity contribution < 1.29 is 9.53 Å². The van der Waals surface area contributed by atoms with Crippen LogP contribution in [0.1, 0.15) is 40.5 Å². The Balaban J connectivity index is 1.82. The molecule has 0 aliphatic carbocycles. The van der Waals surface area contributed by atoms with Crippen molar-refractivity contribution in [3.8, 4) is 5.75 Å². The minimum Gasteiger partial charge on any atom is -0.489 e. The molecule has 1 fully saturated rings. The zero-order valence-electron chi connectivity index (χ0n) is 17.1. The van der Waals surface area contributed by atoms with Crippen LogP contribution in [0.15, 0.2) is 35.3 Å². The number of carbonyl (C=O) groups excluding carboxylic acids is 1. The number of carbonyl (C=O) groups is 1. The van der Waals surface area contributed by atoms with Gasteiger partial charge in [0.2, 0.25) is 5.91 Å². The second kappa shape index (κ2) is 10.8. The van der Waals surface area contributed by atoms with Crippen LogP contribution in [0.3, 0.4) is 0 Å². The number of aliphatic imine (C=N–C) groups is 1. The van der Waals surface area contributed by atoms with E-state index in [1.54, 1.807) is 0 Å². The second-order valence-electron chi connectivity index (χ2n) is 7.36. The third kappa shape index (κ3) is 7.12. The summed E-state index contributed by atoms with van der Waals surface area (Å²) < 4.78 is 5.89. The van der Waals surface area contributed by atoms with E-state index in [1.807, 2.05) is 56.0 Å². The number of nitrogens with zero attached hydrogens (tertiary/aromatic N) is 2. The van der Waals surface area contributed by atoms with Crippen LogP contribution in [-0.2, 0) is 4.79 Å². The van der Waals surface area contributed by atoms with Gasteiger partial charge < -0.3 is 20.3 Å². The molecule has 1 aliphatic rings. The highest BCUT2D eigenvalue weighted by Gasteiger charge is 2.24. The predicted molar refractivity (Wildman–Crippen MR) is 110 cm³/mol. The van der Waals surface area contributed by atoms with Gasteiger partial charge in [0, 0.05) is 31.6 Å². The summed E-state index contributed by atoms with van der Waals surface area (Å²) in [6.45, 7) is 11.0. The molecule has 1 heterocycles. The Morgan fingerprint density at radius 3 is 2.48 bits per heavy atom. The average Bonchev–Trinajstić information content (AvgIpc) is 2.67. The maximum atomic E-state index is 12.1. The first-order valence-corrected chi connectivity index (χ1v) is 10.0. The number of amides is 1. The maximum absolute atomic E-state index is 12.1. The first kappa shape index (κ1) is 21.1. The Kier molecular flexibility index (Phi) is 8.43. The van der Waals surface area contributed by atoms with E-state index < -0.39 is 0 Å². The predicted octanol–water partition coefficient (Wildman–Crippen LogP) is 2.66. The van der Waals surface area contributed by atoms with Gasteiger partial charge in [-0.15, -0.1) is 0 Å². The van der Waals surface area contributed by atoms with Gasteiger partial charge in [-0.3, -0.25) is 4.79 Å². The molecule has 150 valence electrons. The number of likely N-dealkylation sites (tertiary alicyclic amines) is 1. The lowest BCUT2D eigenvalue weighted by atomic mass is 10.0. The maximum Gasteiger partial charge on any atom is 0.225 e. The molecule has 0 saturated carbocycles. The Labute approximate surface area is 163 Å². The summed E-state index contributed by atoms with van der Waals surface area (Å²) in [6, 6.07) is 10.2. The number of hydrogen-bond acceptors (Lipinski definition) is 3. The Morgan fingerprint density at radius 2 is 1.89 bits per heavy atom. The number of guanidine groups is 1. The molecule has 2 N–H and O–H groups in total. The third-order valence-corrected chi connectivity index (χ3v) is 4.57. The molecule has 1 aromatic rings. The quantitative estimate of drug-likeness (QED) is 0.569. The second-order valence-corrected chi connectivity index (χ2v) is 7.36. The number of piperidine rings is 1. The number of benzene rings is 1. The molecule has 1 atom stereocenters. The highest BCUT2D eigenvalue weighted by atomic mass is 16.5. The molecule has 2 rings (SSSR count). The molecule has 1 aromatic carbocycles. The molecule has 0 bridgehead atoms. The number of rotatable bonds is 7. The Morgan fingerprint density at radius 1 is 1.22 bits per heavy atom. The van der Waals surface area contributed by atoms with Crippen LogP contribution in [0.5, 0.6) is 5.75 Å². The highest BCUT2D eigenvalue weighted by molar-refractivity contribution is 5.80. The van der Waals surface area contributed by atoms with Crippen molar-refractivity contribution in [3.63, 3.8) is 0 Å². The minimum absolute atomic E-state index is 0.00614. The molecule has 1 aliphatic heterocycles. The van der Waals surface area contributed by atoms with Crippen LogP contribution < -0.4 is 15.4 Å². The van der Waals surface area contributed by atoms with Crippen molar-refractivity contribution in [2.75, 3.05) is 26.2 Å². The van der Waals surface area contributed by atoms with E-state index in [0.717, 1.165) is 44.2 Å². The molecule has 0 radical (unpaired) electrons. The number of ether oxygens (including phenoxy) is 1. The largest absolute Gasteiger partial charge is 0.489 e. The summed E-state index contributed by atoms with van der Waals surface area (Å²) in [7, 11) is 0. The summed E-state index contributed by atoms with van der Waals surface area (Å²) in [6.07, 6.45) is 1.88. The van der Waals surface area contributed by atoms with Crippen molar-refractivity contribution in [1.29, 1.82) is 0 Å². The van der Waals surface area contributed by atoms with Crippen LogP contribution in [0.4, 0.5) is 0 Å². The van der Waals surface area contributed by atoms with Gasteiger partial charge in [0.15, 0.2) is 5.96 Å². The van der Waals surface area contributed by atoms with E-state index in [1.165, 1.54) is 0 Å². The van der Waals surface area contributed by atoms with Crippen LogP contribution in [-0.4, -0.2) is 55.1 Å². The first-order chi connectivity index (χ1) is 13.0. The average molecular weight is 375 g/mol. The molecule has 1 saturated heterocycles. The molecule has 1 unspecified atom stereocenters. The van der Waals surface area contributed by atoms with Gasteiger partial charge in [-0.25, -0.2) is 4.99 Å². The Hall–Kier alpha value is -2.24. The van der Waals surface area contributed by atoms with Gasteiger partial charge in [0.1, 0.15) is 11.9 Å². The van der Waals surface area contributed by atoms with Gasteiger partial charge in [0.25, 0.3) is 0 Å². The zero-order chi connectivity index (χ0) is 19.6. The lowest BCUT2D eigenvalue weighted by molar-refractivity contribution is -0.135. The molecular formula is C21H34N4O2. The normalized spacial score (nSPS) is 16.9. The van der Waals surface area contributed by atoms with Crippen molar-refractivity contribution >= 4 is 11.9 Å². The van der Waals surface area contributed by atoms with E-state index in [4.69, 9.17) is 4.74 Å². The number of para-hydroxylation sites is 1. The van der Waals surface area contributed by atoms with Crippen molar-refractivity contribution in [1.82, 2.24) is 15.5 Å². The number of hydrogen-bond donors (Lipinski definition) is 2. The SMILES string of the molecule is CCNC(=NCC(C)Oc1ccccc1)NC1CCN(C(=O)C(C)C)CC1. The van der Waals surface area contributed by atoms with Crippen molar-refractivity contribution in [2.45, 2.75) is 52.7 Å². The van der Waals surface area contributed by atoms with Gasteiger partial charge in [-0.2, -0.15) is 0 Å². The molecule has 1 amide bonds. The van der Waals surface area contributed by atoms with Crippen LogP contribution >= 0.6 is 0 Å². The van der Waals surface area contributed by atoms with Gasteiger partial charge in [-0.1, -0.05) is 32.0 Å². The number of nitrogens with one attached hydrogen (secondary N) is 2. The lowest BCUT2D eigenvalue weighted by Crippen LogP contribution is -2.50. The molecular weight excluding hydrogens is 340 g/mol. The summed E-state index contributed by atoms with van der Waals surface area (Å²) in [4.78, 5) is 18.8. The van der Waals surface area contributed by atoms with Crippen molar-refractivity contribution in [3.05, 3.63) is 30.3 Å². The fourth-order valence-corrected chi connectivity index (χ4v) is 3.11. The fraction of sp³-hybridized carbons (Fsp3) is 0.619. The van der Waals surface area contributed by atoms with E-state index in [2.05, 4.69) is 22.5 Å². The fourth-order valence-electron chi connectivity index (χ4n) is 3.11. The Bertz CT molecular complexity index is 595. The monoisotopic (exact) mass is 374 g/mol. The summed E-state index contributed by atoms with van der Waals surface area (Å²) >= 11 is 0. The zero-order valence-corrected chi connectivity index (χ0v) is 17.1. The molecule has 27 heavy (non-hydrogen) atoms. The summed E-state index contributed by atoms with van der Waals surface area (Å²) in [5.74, 6) is 2.00. The molecule has 0 aromatic heterocycles. The van der Waals surface area contributed by atoms with E-state index in [0.29, 0.717) is 12.6 Å². The van der Waals surface area contributed by atoms with Gasteiger partial charge in [-0.05, 0) is 38.8 Å². The molecule has 6 heteroatoms. The van der Waals surface area contributed by atoms with Crippen LogP contribution in [0, 0.1) is 5.92 Å². The topological polar surface area (TPSA) is 66.0 Å². The summed E-state index contributed by atoms with van der Waals surface area (Å²) in [5.41, 5.74) is 0. The van der Waals surface area contributed by atoms with E-state index in [-0.39, 0.29) is 17.9 Å². The molecule has 6 nitrogen and oxygen atoms in total. The first-order valence-electron chi connectivity index (χ1n) is 10.0. The van der Waals surface area contributed by atoms with E-state index in [9.17, 15) is 4.79 Å². The highest BCUT2D eigenvalue weighted by Crippen LogP contribution is 2.13. The van der Waals surface area contributed by atoms with Gasteiger partial charge >= 0.3 is 0 Å². The smallest absolute Gasteiger partial charge is 0.225 e. The van der Waals surface area contributed by atoms with Crippen molar-refractivity contribution in [2.24, 2.45) is 10.9 Å². The molecule has 0 spiro atoms. The van der Waals surface area contributed by atoms with E-state index >= 15 is 0 Å². The van der Waals surface area contributed by atoms with Crippen LogP contribution in [0.25, 0.3) is 0 Å². The van der Waals surface area contributed by atoms with Gasteiger partial charge in [0.05, 0.1) is 6.54 Å². The summed E-state index contributed by atoms with van der Waals surface area (Å²) in [5, 5.41) is 6.81. The standard InChI is InChI=1S/C21H34N4O2/c1-5-22-21(23-15-17(4)27-19-9-7-6-8-10-19)24-18-11-13-25(14-12-18)20(26)16(2)3/h6-10,16-18H,5,11-15H2,1-4H3,(H2,22,23,24).